The predicted octanol–water partition coefficient (Wildman–Crippen LogP) is 1.40. The molecule has 114 valence electrons. The minimum absolute atomic E-state index is 0.0173. The number of carbonyl (C=O) groups is 2. The molecule has 0 aliphatic heterocycles. The molecule has 2 aromatic rings. The fourth-order valence-electron chi connectivity index (χ4n) is 1.73. The van der Waals surface area contributed by atoms with E-state index in [0.717, 1.165) is 5.56 Å². The molecular formula is C15H15N3O4. The zero-order chi connectivity index (χ0) is 15.8. The number of benzene rings is 1. The predicted molar refractivity (Wildman–Crippen MR) is 76.9 cm³/mol. The van der Waals surface area contributed by atoms with Gasteiger partial charge in [0.25, 0.3) is 0 Å². The molecule has 0 saturated heterocycles. The number of carbonyl (C=O) groups excluding carboxylic acids is 1. The quantitative estimate of drug-likeness (QED) is 0.836. The summed E-state index contributed by atoms with van der Waals surface area (Å²) in [6, 6.07) is 9.59. The highest BCUT2D eigenvalue weighted by molar-refractivity contribution is 5.80. The summed E-state index contributed by atoms with van der Waals surface area (Å²) in [5, 5.41) is 11.4. The van der Waals surface area contributed by atoms with E-state index in [1.54, 1.807) is 18.2 Å². The van der Waals surface area contributed by atoms with Crippen molar-refractivity contribution < 1.29 is 19.4 Å². The van der Waals surface area contributed by atoms with Crippen LogP contribution in [0.15, 0.2) is 48.8 Å². The highest BCUT2D eigenvalue weighted by Gasteiger charge is 2.22. The first-order chi connectivity index (χ1) is 10.6. The molecule has 7 nitrogen and oxygen atoms in total. The third-order valence-corrected chi connectivity index (χ3v) is 2.81. The van der Waals surface area contributed by atoms with Crippen LogP contribution < -0.4 is 5.32 Å². The van der Waals surface area contributed by atoms with Gasteiger partial charge in [-0.1, -0.05) is 30.3 Å². The molecule has 1 heterocycles. The minimum Gasteiger partial charge on any atom is -0.480 e. The number of carboxylic acids is 1. The second kappa shape index (κ2) is 7.72. The van der Waals surface area contributed by atoms with Gasteiger partial charge in [0.2, 0.25) is 0 Å². The van der Waals surface area contributed by atoms with Crippen molar-refractivity contribution >= 4 is 12.1 Å². The van der Waals surface area contributed by atoms with Gasteiger partial charge in [0.05, 0.1) is 0 Å². The number of carboxylic acid groups (broad SMARTS) is 1. The number of rotatable bonds is 6. The van der Waals surface area contributed by atoms with Crippen molar-refractivity contribution in [1.29, 1.82) is 0 Å². The molecule has 7 heteroatoms. The van der Waals surface area contributed by atoms with E-state index < -0.39 is 18.1 Å². The van der Waals surface area contributed by atoms with Gasteiger partial charge in [-0.15, -0.1) is 0 Å². The zero-order valence-electron chi connectivity index (χ0n) is 11.7. The molecule has 22 heavy (non-hydrogen) atoms. The zero-order valence-corrected chi connectivity index (χ0v) is 11.7. The number of aromatic nitrogens is 2. The molecule has 1 amide bonds. The molecule has 0 spiro atoms. The van der Waals surface area contributed by atoms with E-state index in [4.69, 9.17) is 9.84 Å². The van der Waals surface area contributed by atoms with Crippen LogP contribution in [0.4, 0.5) is 4.79 Å². The molecule has 0 saturated carbocycles. The van der Waals surface area contributed by atoms with Crippen LogP contribution in [0, 0.1) is 0 Å². The second-order valence-corrected chi connectivity index (χ2v) is 4.47. The van der Waals surface area contributed by atoms with E-state index in [1.807, 2.05) is 18.2 Å². The summed E-state index contributed by atoms with van der Waals surface area (Å²) in [7, 11) is 0. The Morgan fingerprint density at radius 2 is 1.82 bits per heavy atom. The van der Waals surface area contributed by atoms with Crippen LogP contribution in [-0.4, -0.2) is 33.2 Å². The molecule has 1 unspecified atom stereocenters. The third-order valence-electron chi connectivity index (χ3n) is 2.81. The molecule has 0 aliphatic rings. The first-order valence-corrected chi connectivity index (χ1v) is 6.61. The van der Waals surface area contributed by atoms with Crippen LogP contribution in [-0.2, 0) is 22.6 Å². The van der Waals surface area contributed by atoms with Crippen molar-refractivity contribution in [3.8, 4) is 0 Å². The number of alkyl carbamates (subject to hydrolysis) is 1. The standard InChI is InChI=1S/C15H15N3O4/c19-14(20)12(9-13-16-7-4-8-17-13)18-15(21)22-10-11-5-2-1-3-6-11/h1-8,12H,9-10H2,(H,18,21)(H,19,20). The third kappa shape index (κ3) is 4.86. The number of nitrogens with one attached hydrogen (secondary N) is 1. The monoisotopic (exact) mass is 301 g/mol. The Hall–Kier alpha value is -2.96. The lowest BCUT2D eigenvalue weighted by atomic mass is 10.2. The van der Waals surface area contributed by atoms with E-state index in [9.17, 15) is 9.59 Å². The van der Waals surface area contributed by atoms with Gasteiger partial charge in [-0.05, 0) is 11.6 Å². The summed E-state index contributed by atoms with van der Waals surface area (Å²) >= 11 is 0. The van der Waals surface area contributed by atoms with Gasteiger partial charge in [-0.25, -0.2) is 19.6 Å². The van der Waals surface area contributed by atoms with Crippen LogP contribution in [0.3, 0.4) is 0 Å². The number of ether oxygens (including phenoxy) is 1. The SMILES string of the molecule is O=C(NC(Cc1ncccn1)C(=O)O)OCc1ccccc1. The maximum atomic E-state index is 11.7. The number of hydrogen-bond donors (Lipinski definition) is 2. The maximum absolute atomic E-state index is 11.7. The highest BCUT2D eigenvalue weighted by atomic mass is 16.5. The van der Waals surface area contributed by atoms with Gasteiger partial charge in [-0.2, -0.15) is 0 Å². The van der Waals surface area contributed by atoms with Crippen LogP contribution >= 0.6 is 0 Å². The van der Waals surface area contributed by atoms with Gasteiger partial charge in [0.15, 0.2) is 0 Å². The molecule has 0 radical (unpaired) electrons. The molecule has 0 bridgehead atoms. The number of amides is 1. The van der Waals surface area contributed by atoms with Crippen LogP contribution in [0.2, 0.25) is 0 Å². The van der Waals surface area contributed by atoms with Gasteiger partial charge >= 0.3 is 12.1 Å². The maximum Gasteiger partial charge on any atom is 0.408 e. The Labute approximate surface area is 127 Å². The van der Waals surface area contributed by atoms with E-state index in [2.05, 4.69) is 15.3 Å². The number of hydrogen-bond acceptors (Lipinski definition) is 5. The Kier molecular flexibility index (Phi) is 5.42. The normalized spacial score (nSPS) is 11.5. The van der Waals surface area contributed by atoms with Gasteiger partial charge < -0.3 is 15.2 Å². The average Bonchev–Trinajstić information content (AvgIpc) is 2.54. The molecular weight excluding hydrogens is 286 g/mol. The lowest BCUT2D eigenvalue weighted by Crippen LogP contribution is -2.42. The summed E-state index contributed by atoms with van der Waals surface area (Å²) in [5.74, 6) is -0.845. The second-order valence-electron chi connectivity index (χ2n) is 4.47. The summed E-state index contributed by atoms with van der Waals surface area (Å²) in [4.78, 5) is 30.7. The number of aliphatic carboxylic acids is 1. The fraction of sp³-hybridized carbons (Fsp3) is 0.200. The molecule has 1 aromatic heterocycles. The van der Waals surface area contributed by atoms with E-state index >= 15 is 0 Å². The minimum atomic E-state index is -1.18. The Balaban J connectivity index is 1.88. The molecule has 2 rings (SSSR count). The van der Waals surface area contributed by atoms with Crippen molar-refractivity contribution in [2.75, 3.05) is 0 Å². The molecule has 1 aromatic carbocycles. The molecule has 1 atom stereocenters. The number of nitrogens with zero attached hydrogens (tertiary/aromatic N) is 2. The smallest absolute Gasteiger partial charge is 0.408 e. The van der Waals surface area contributed by atoms with Crippen LogP contribution in [0.5, 0.6) is 0 Å². The van der Waals surface area contributed by atoms with E-state index in [-0.39, 0.29) is 13.0 Å². The van der Waals surface area contributed by atoms with Crippen molar-refractivity contribution in [2.45, 2.75) is 19.1 Å². The van der Waals surface area contributed by atoms with Crippen molar-refractivity contribution in [2.24, 2.45) is 0 Å². The largest absolute Gasteiger partial charge is 0.480 e. The first kappa shape index (κ1) is 15.4. The molecule has 0 fully saturated rings. The summed E-state index contributed by atoms with van der Waals surface area (Å²) < 4.78 is 4.99. The fourth-order valence-corrected chi connectivity index (χ4v) is 1.73. The van der Waals surface area contributed by atoms with Crippen molar-refractivity contribution in [3.63, 3.8) is 0 Å². The lowest BCUT2D eigenvalue weighted by Gasteiger charge is -2.13. The highest BCUT2D eigenvalue weighted by Crippen LogP contribution is 2.02. The molecule has 0 aliphatic carbocycles. The van der Waals surface area contributed by atoms with E-state index in [0.29, 0.717) is 5.82 Å². The van der Waals surface area contributed by atoms with E-state index in [1.165, 1.54) is 12.4 Å². The summed E-state index contributed by atoms with van der Waals surface area (Å²) in [5.41, 5.74) is 0.816. The van der Waals surface area contributed by atoms with Crippen LogP contribution in [0.1, 0.15) is 11.4 Å². The van der Waals surface area contributed by atoms with Crippen LogP contribution in [0.25, 0.3) is 0 Å². The van der Waals surface area contributed by atoms with Gasteiger partial charge in [-0.3, -0.25) is 0 Å². The summed E-state index contributed by atoms with van der Waals surface area (Å²) in [6.07, 6.45) is 2.20. The first-order valence-electron chi connectivity index (χ1n) is 6.61. The summed E-state index contributed by atoms with van der Waals surface area (Å²) in [6.45, 7) is 0.0703. The molecule has 2 N–H and O–H groups in total. The van der Waals surface area contributed by atoms with Gasteiger partial charge in [0, 0.05) is 18.8 Å². The average molecular weight is 301 g/mol. The Bertz CT molecular complexity index is 619. The Morgan fingerprint density at radius 3 is 2.45 bits per heavy atom. The lowest BCUT2D eigenvalue weighted by molar-refractivity contribution is -0.139. The van der Waals surface area contributed by atoms with Crippen molar-refractivity contribution in [1.82, 2.24) is 15.3 Å². The topological polar surface area (TPSA) is 101 Å². The van der Waals surface area contributed by atoms with Crippen molar-refractivity contribution in [3.05, 3.63) is 60.2 Å². The Morgan fingerprint density at radius 1 is 1.14 bits per heavy atom. The van der Waals surface area contributed by atoms with Gasteiger partial charge in [0.1, 0.15) is 18.5 Å².